The first kappa shape index (κ1) is 17.3. The van der Waals surface area contributed by atoms with Crippen LogP contribution in [0.3, 0.4) is 0 Å². The fourth-order valence-electron chi connectivity index (χ4n) is 2.63. The Morgan fingerprint density at radius 3 is 2.76 bits per heavy atom. The Labute approximate surface area is 151 Å². The zero-order valence-electron chi connectivity index (χ0n) is 14.5. The minimum atomic E-state index is -0.328. The predicted octanol–water partition coefficient (Wildman–Crippen LogP) is 3.96. The summed E-state index contributed by atoms with van der Waals surface area (Å²) >= 11 is 1.60. The maximum Gasteiger partial charge on any atom is 0.249 e. The lowest BCUT2D eigenvalue weighted by atomic mass is 10.2. The molecule has 2 N–H and O–H groups in total. The zero-order valence-corrected chi connectivity index (χ0v) is 15.3. The summed E-state index contributed by atoms with van der Waals surface area (Å²) < 4.78 is 1.69. The number of carbonyl (C=O) groups is 1. The first-order chi connectivity index (χ1) is 12.1. The van der Waals surface area contributed by atoms with E-state index in [0.717, 1.165) is 26.9 Å². The van der Waals surface area contributed by atoms with Crippen LogP contribution < -0.4 is 5.32 Å². The van der Waals surface area contributed by atoms with E-state index >= 15 is 0 Å². The highest BCUT2D eigenvalue weighted by molar-refractivity contribution is 7.99. The van der Waals surface area contributed by atoms with Gasteiger partial charge in [-0.25, -0.2) is 0 Å². The van der Waals surface area contributed by atoms with Crippen molar-refractivity contribution < 1.29 is 4.79 Å². The lowest BCUT2D eigenvalue weighted by Crippen LogP contribution is -2.26. The summed E-state index contributed by atoms with van der Waals surface area (Å²) in [6.45, 7) is 5.94. The van der Waals surface area contributed by atoms with Gasteiger partial charge in [0.05, 0.1) is 16.3 Å². The van der Waals surface area contributed by atoms with Crippen molar-refractivity contribution in [3.05, 3.63) is 54.1 Å². The molecular formula is C18H21N5OS. The Morgan fingerprint density at radius 2 is 2.12 bits per heavy atom. The molecule has 0 radical (unpaired) electrons. The molecule has 2 aromatic heterocycles. The summed E-state index contributed by atoms with van der Waals surface area (Å²) in [5.41, 5.74) is 2.77. The van der Waals surface area contributed by atoms with E-state index in [1.165, 1.54) is 0 Å². The number of rotatable bonds is 6. The molecule has 0 aliphatic carbocycles. The van der Waals surface area contributed by atoms with Gasteiger partial charge in [0.2, 0.25) is 5.91 Å². The number of aromatic nitrogens is 4. The van der Waals surface area contributed by atoms with Crippen LogP contribution in [-0.4, -0.2) is 25.9 Å². The Hall–Kier alpha value is -2.54. The number of hydrogen-bond acceptors (Lipinski definition) is 4. The Bertz CT molecular complexity index is 837. The van der Waals surface area contributed by atoms with Gasteiger partial charge in [-0.1, -0.05) is 30.8 Å². The third kappa shape index (κ3) is 3.76. The third-order valence-electron chi connectivity index (χ3n) is 3.95. The number of carbonyl (C=O) groups excluding carboxylic acids is 1. The lowest BCUT2D eigenvalue weighted by Gasteiger charge is -2.17. The van der Waals surface area contributed by atoms with Crippen molar-refractivity contribution in [2.45, 2.75) is 43.0 Å². The predicted molar refractivity (Wildman–Crippen MR) is 98.8 cm³/mol. The highest BCUT2D eigenvalue weighted by atomic mass is 32.2. The van der Waals surface area contributed by atoms with Crippen LogP contribution in [0.5, 0.6) is 0 Å². The second-order valence-corrected chi connectivity index (χ2v) is 6.81. The standard InChI is InChI=1S/C18H21N5OS/c1-4-15(23-11-7-10-19-23)18(24)20-14-8-5-6-9-16(14)25-17-12(2)21-22-13(17)3/h5-11,15H,4H2,1-3H3,(H,20,24)(H,21,22)/t15-/m0/s1. The minimum absolute atomic E-state index is 0.0695. The van der Waals surface area contributed by atoms with Crippen molar-refractivity contribution in [3.63, 3.8) is 0 Å². The lowest BCUT2D eigenvalue weighted by molar-refractivity contribution is -0.119. The van der Waals surface area contributed by atoms with E-state index in [1.54, 1.807) is 22.6 Å². The van der Waals surface area contributed by atoms with E-state index < -0.39 is 0 Å². The van der Waals surface area contributed by atoms with Gasteiger partial charge in [-0.05, 0) is 38.5 Å². The Morgan fingerprint density at radius 1 is 1.32 bits per heavy atom. The molecule has 3 aromatic rings. The van der Waals surface area contributed by atoms with Crippen LogP contribution in [0.2, 0.25) is 0 Å². The van der Waals surface area contributed by atoms with Gasteiger partial charge in [0.25, 0.3) is 0 Å². The van der Waals surface area contributed by atoms with Crippen LogP contribution in [0.25, 0.3) is 0 Å². The topological polar surface area (TPSA) is 75.6 Å². The Balaban J connectivity index is 1.82. The molecule has 0 aliphatic heterocycles. The molecule has 130 valence electrons. The number of anilines is 1. The molecule has 1 atom stereocenters. The SMILES string of the molecule is CC[C@@H](C(=O)Nc1ccccc1Sc1c(C)n[nH]c1C)n1cccn1. The molecule has 2 heterocycles. The highest BCUT2D eigenvalue weighted by Crippen LogP contribution is 2.36. The van der Waals surface area contributed by atoms with Gasteiger partial charge in [0.1, 0.15) is 6.04 Å². The van der Waals surface area contributed by atoms with Crippen molar-refractivity contribution in [1.82, 2.24) is 20.0 Å². The van der Waals surface area contributed by atoms with Crippen molar-refractivity contribution in [2.24, 2.45) is 0 Å². The number of amides is 1. The molecule has 25 heavy (non-hydrogen) atoms. The number of benzene rings is 1. The first-order valence-electron chi connectivity index (χ1n) is 8.18. The second-order valence-electron chi connectivity index (χ2n) is 5.76. The molecule has 3 rings (SSSR count). The quantitative estimate of drug-likeness (QED) is 0.702. The number of H-pyrrole nitrogens is 1. The van der Waals surface area contributed by atoms with Crippen molar-refractivity contribution in [2.75, 3.05) is 5.32 Å². The van der Waals surface area contributed by atoms with Gasteiger partial charge >= 0.3 is 0 Å². The van der Waals surface area contributed by atoms with Crippen LogP contribution in [-0.2, 0) is 4.79 Å². The number of hydrogen-bond donors (Lipinski definition) is 2. The average molecular weight is 355 g/mol. The van der Waals surface area contributed by atoms with E-state index in [2.05, 4.69) is 20.6 Å². The molecule has 0 bridgehead atoms. The monoisotopic (exact) mass is 355 g/mol. The molecular weight excluding hydrogens is 334 g/mol. The van der Waals surface area contributed by atoms with Gasteiger partial charge in [0.15, 0.2) is 0 Å². The van der Waals surface area contributed by atoms with E-state index in [0.29, 0.717) is 6.42 Å². The largest absolute Gasteiger partial charge is 0.323 e. The summed E-state index contributed by atoms with van der Waals surface area (Å²) in [6.07, 6.45) is 4.17. The highest BCUT2D eigenvalue weighted by Gasteiger charge is 2.20. The summed E-state index contributed by atoms with van der Waals surface area (Å²) in [5.74, 6) is -0.0695. The van der Waals surface area contributed by atoms with E-state index in [9.17, 15) is 4.79 Å². The maximum absolute atomic E-state index is 12.7. The van der Waals surface area contributed by atoms with Gasteiger partial charge in [0, 0.05) is 23.0 Å². The van der Waals surface area contributed by atoms with Crippen molar-refractivity contribution in [1.29, 1.82) is 0 Å². The average Bonchev–Trinajstić information content (AvgIpc) is 3.23. The number of nitrogens with one attached hydrogen (secondary N) is 2. The fraction of sp³-hybridized carbons (Fsp3) is 0.278. The van der Waals surface area contributed by atoms with Gasteiger partial charge in [-0.3, -0.25) is 14.6 Å². The summed E-state index contributed by atoms with van der Waals surface area (Å²) in [6, 6.07) is 9.30. The summed E-state index contributed by atoms with van der Waals surface area (Å²) in [7, 11) is 0. The number of aryl methyl sites for hydroxylation is 2. The third-order valence-corrected chi connectivity index (χ3v) is 5.33. The van der Waals surface area contributed by atoms with Crippen LogP contribution >= 0.6 is 11.8 Å². The Kier molecular flexibility index (Phi) is 5.23. The molecule has 0 spiro atoms. The normalized spacial score (nSPS) is 12.1. The van der Waals surface area contributed by atoms with Gasteiger partial charge in [-0.2, -0.15) is 10.2 Å². The molecule has 7 heteroatoms. The number of nitrogens with zero attached hydrogens (tertiary/aromatic N) is 3. The maximum atomic E-state index is 12.7. The van der Waals surface area contributed by atoms with Crippen molar-refractivity contribution >= 4 is 23.4 Å². The molecule has 0 saturated heterocycles. The first-order valence-corrected chi connectivity index (χ1v) is 9.00. The fourth-order valence-corrected chi connectivity index (χ4v) is 3.62. The van der Waals surface area contributed by atoms with E-state index in [1.807, 2.05) is 57.3 Å². The molecule has 0 unspecified atom stereocenters. The van der Waals surface area contributed by atoms with Gasteiger partial charge in [-0.15, -0.1) is 0 Å². The summed E-state index contributed by atoms with van der Waals surface area (Å²) in [5, 5.41) is 14.5. The molecule has 0 aliphatic rings. The van der Waals surface area contributed by atoms with Crippen LogP contribution in [0, 0.1) is 13.8 Å². The number of para-hydroxylation sites is 1. The molecule has 1 amide bonds. The van der Waals surface area contributed by atoms with Gasteiger partial charge < -0.3 is 5.32 Å². The second kappa shape index (κ2) is 7.57. The van der Waals surface area contributed by atoms with E-state index in [-0.39, 0.29) is 11.9 Å². The van der Waals surface area contributed by atoms with Crippen molar-refractivity contribution in [3.8, 4) is 0 Å². The van der Waals surface area contributed by atoms with E-state index in [4.69, 9.17) is 0 Å². The smallest absolute Gasteiger partial charge is 0.249 e. The van der Waals surface area contributed by atoms with Crippen LogP contribution in [0.15, 0.2) is 52.5 Å². The zero-order chi connectivity index (χ0) is 17.8. The molecule has 0 fully saturated rings. The molecule has 6 nitrogen and oxygen atoms in total. The summed E-state index contributed by atoms with van der Waals surface area (Å²) in [4.78, 5) is 14.8. The molecule has 1 aromatic carbocycles. The minimum Gasteiger partial charge on any atom is -0.323 e. The van der Waals surface area contributed by atoms with Crippen LogP contribution in [0.1, 0.15) is 30.8 Å². The van der Waals surface area contributed by atoms with Crippen LogP contribution in [0.4, 0.5) is 5.69 Å². The number of aromatic amines is 1. The molecule has 0 saturated carbocycles.